The highest BCUT2D eigenvalue weighted by molar-refractivity contribution is 6.13. The number of anilines is 5. The standard InChI is InChI=1S/C33H41N7O3/c1-5-43-30-18-22(32(41)40-17-14-24(21-40)35-23-12-15-37(2)16-13-23)10-11-26(30)36-31-19-28-29(20-34-31)39(4)33(42)25-8-6-7-9-27(25)38(28)3/h6-11,18-20,23-24,35H,5,12-17,21H2,1-4H3,(H,34,36)/t24-/m1/s1. The summed E-state index contributed by atoms with van der Waals surface area (Å²) in [6, 6.07) is 15.9. The van der Waals surface area contributed by atoms with Crippen LogP contribution in [0.3, 0.4) is 0 Å². The van der Waals surface area contributed by atoms with E-state index in [0.717, 1.165) is 68.2 Å². The van der Waals surface area contributed by atoms with Gasteiger partial charge < -0.3 is 35.0 Å². The number of hydrogen-bond acceptors (Lipinski definition) is 8. The second-order valence-corrected chi connectivity index (χ2v) is 11.7. The third-order valence-corrected chi connectivity index (χ3v) is 8.84. The van der Waals surface area contributed by atoms with Crippen molar-refractivity contribution in [2.75, 3.05) is 69.0 Å². The van der Waals surface area contributed by atoms with E-state index >= 15 is 0 Å². The summed E-state index contributed by atoms with van der Waals surface area (Å²) in [7, 11) is 5.89. The van der Waals surface area contributed by atoms with Crippen LogP contribution in [0.2, 0.25) is 0 Å². The van der Waals surface area contributed by atoms with Crippen molar-refractivity contribution in [2.24, 2.45) is 0 Å². The molecule has 0 aliphatic carbocycles. The zero-order valence-corrected chi connectivity index (χ0v) is 25.5. The number of likely N-dealkylation sites (tertiary alicyclic amines) is 2. The molecule has 0 saturated carbocycles. The molecule has 43 heavy (non-hydrogen) atoms. The predicted octanol–water partition coefficient (Wildman–Crippen LogP) is 4.48. The number of pyridine rings is 1. The molecule has 1 aromatic heterocycles. The van der Waals surface area contributed by atoms with Gasteiger partial charge in [0.05, 0.1) is 41.1 Å². The highest BCUT2D eigenvalue weighted by Crippen LogP contribution is 2.40. The number of carbonyl (C=O) groups excluding carboxylic acids is 2. The van der Waals surface area contributed by atoms with E-state index in [1.54, 1.807) is 18.1 Å². The molecule has 3 aliphatic heterocycles. The Bertz CT molecular complexity index is 1500. The summed E-state index contributed by atoms with van der Waals surface area (Å²) in [5.41, 5.74) is 4.36. The Labute approximate surface area is 253 Å². The number of nitrogens with one attached hydrogen (secondary N) is 2. The van der Waals surface area contributed by atoms with Gasteiger partial charge in [-0.15, -0.1) is 0 Å². The topological polar surface area (TPSA) is 93.3 Å². The Kier molecular flexibility index (Phi) is 8.23. The lowest BCUT2D eigenvalue weighted by atomic mass is 10.0. The first-order valence-electron chi connectivity index (χ1n) is 15.2. The number of ether oxygens (including phenoxy) is 1. The number of carbonyl (C=O) groups is 2. The molecular weight excluding hydrogens is 542 g/mol. The van der Waals surface area contributed by atoms with Crippen molar-refractivity contribution in [2.45, 2.75) is 38.3 Å². The van der Waals surface area contributed by atoms with Gasteiger partial charge in [-0.3, -0.25) is 9.59 Å². The van der Waals surface area contributed by atoms with Crippen LogP contribution in [0.5, 0.6) is 5.75 Å². The van der Waals surface area contributed by atoms with Crippen LogP contribution >= 0.6 is 0 Å². The van der Waals surface area contributed by atoms with Crippen molar-refractivity contribution in [3.8, 4) is 5.75 Å². The van der Waals surface area contributed by atoms with E-state index in [1.807, 2.05) is 72.3 Å². The number of para-hydroxylation sites is 1. The summed E-state index contributed by atoms with van der Waals surface area (Å²) in [5, 5.41) is 7.18. The zero-order valence-electron chi connectivity index (χ0n) is 25.5. The molecule has 6 rings (SSSR count). The maximum Gasteiger partial charge on any atom is 0.260 e. The van der Waals surface area contributed by atoms with E-state index in [9.17, 15) is 9.59 Å². The van der Waals surface area contributed by atoms with Gasteiger partial charge in [0.1, 0.15) is 11.6 Å². The van der Waals surface area contributed by atoms with Crippen molar-refractivity contribution in [3.63, 3.8) is 0 Å². The monoisotopic (exact) mass is 583 g/mol. The maximum absolute atomic E-state index is 13.5. The lowest BCUT2D eigenvalue weighted by Gasteiger charge is -2.31. The van der Waals surface area contributed by atoms with Crippen LogP contribution in [-0.4, -0.2) is 92.6 Å². The molecule has 2 aromatic carbocycles. The van der Waals surface area contributed by atoms with Crippen LogP contribution in [0, 0.1) is 0 Å². The van der Waals surface area contributed by atoms with E-state index < -0.39 is 0 Å². The van der Waals surface area contributed by atoms with Gasteiger partial charge >= 0.3 is 0 Å². The van der Waals surface area contributed by atoms with Gasteiger partial charge in [0.15, 0.2) is 0 Å². The Morgan fingerprint density at radius 3 is 2.49 bits per heavy atom. The summed E-state index contributed by atoms with van der Waals surface area (Å²) in [6.45, 7) is 6.11. The minimum atomic E-state index is -0.0791. The highest BCUT2D eigenvalue weighted by Gasteiger charge is 2.30. The Morgan fingerprint density at radius 1 is 0.930 bits per heavy atom. The molecule has 2 saturated heterocycles. The SMILES string of the molecule is CCOc1cc(C(=O)N2CC[C@@H](NC3CCN(C)CC3)C2)ccc1Nc1cc2c(cn1)N(C)C(=O)c1ccccc1N2C. The fourth-order valence-corrected chi connectivity index (χ4v) is 6.34. The second-order valence-electron chi connectivity index (χ2n) is 11.7. The van der Waals surface area contributed by atoms with Crippen molar-refractivity contribution < 1.29 is 14.3 Å². The third-order valence-electron chi connectivity index (χ3n) is 8.84. The second kappa shape index (κ2) is 12.2. The van der Waals surface area contributed by atoms with Crippen LogP contribution in [-0.2, 0) is 0 Å². The number of benzene rings is 2. The van der Waals surface area contributed by atoms with E-state index in [0.29, 0.717) is 41.4 Å². The minimum Gasteiger partial charge on any atom is -0.492 e. The first-order valence-corrected chi connectivity index (χ1v) is 15.2. The zero-order chi connectivity index (χ0) is 30.1. The fraction of sp³-hybridized carbons (Fsp3) is 0.424. The summed E-state index contributed by atoms with van der Waals surface area (Å²) >= 11 is 0. The van der Waals surface area contributed by atoms with Gasteiger partial charge in [-0.05, 0) is 76.7 Å². The van der Waals surface area contributed by atoms with Crippen molar-refractivity contribution in [1.29, 1.82) is 0 Å². The summed E-state index contributed by atoms with van der Waals surface area (Å²) in [6.07, 6.45) is 4.99. The molecule has 3 aliphatic rings. The number of nitrogens with zero attached hydrogens (tertiary/aromatic N) is 5. The van der Waals surface area contributed by atoms with Gasteiger partial charge in [-0.1, -0.05) is 12.1 Å². The van der Waals surface area contributed by atoms with Crippen LogP contribution in [0.25, 0.3) is 0 Å². The normalized spacial score (nSPS) is 19.2. The van der Waals surface area contributed by atoms with Crippen LogP contribution < -0.4 is 25.2 Å². The smallest absolute Gasteiger partial charge is 0.260 e. The predicted molar refractivity (Wildman–Crippen MR) is 170 cm³/mol. The average Bonchev–Trinajstić information content (AvgIpc) is 3.47. The van der Waals surface area contributed by atoms with Gasteiger partial charge in [0.25, 0.3) is 11.8 Å². The van der Waals surface area contributed by atoms with E-state index in [2.05, 4.69) is 27.6 Å². The molecule has 1 atom stereocenters. The number of amides is 2. The van der Waals surface area contributed by atoms with Gasteiger partial charge in [0.2, 0.25) is 0 Å². The van der Waals surface area contributed by atoms with Gasteiger partial charge in [-0.25, -0.2) is 4.98 Å². The minimum absolute atomic E-state index is 0.0244. The quantitative estimate of drug-likeness (QED) is 0.421. The summed E-state index contributed by atoms with van der Waals surface area (Å²) in [5.74, 6) is 1.14. The van der Waals surface area contributed by atoms with E-state index in [1.165, 1.54) is 0 Å². The van der Waals surface area contributed by atoms with Crippen LogP contribution in [0.15, 0.2) is 54.7 Å². The lowest BCUT2D eigenvalue weighted by molar-refractivity contribution is 0.0787. The molecule has 10 nitrogen and oxygen atoms in total. The number of hydrogen-bond donors (Lipinski definition) is 2. The van der Waals surface area contributed by atoms with Gasteiger partial charge in [0, 0.05) is 50.9 Å². The fourth-order valence-electron chi connectivity index (χ4n) is 6.34. The Hall–Kier alpha value is -4.15. The molecule has 4 heterocycles. The average molecular weight is 584 g/mol. The number of fused-ring (bicyclic) bond motifs is 2. The lowest BCUT2D eigenvalue weighted by Crippen LogP contribution is -2.46. The molecule has 0 radical (unpaired) electrons. The number of rotatable bonds is 7. The van der Waals surface area contributed by atoms with Gasteiger partial charge in [-0.2, -0.15) is 0 Å². The molecule has 2 fully saturated rings. The summed E-state index contributed by atoms with van der Waals surface area (Å²) < 4.78 is 5.98. The van der Waals surface area contributed by atoms with E-state index in [-0.39, 0.29) is 11.8 Å². The molecule has 10 heteroatoms. The largest absolute Gasteiger partial charge is 0.492 e. The Morgan fingerprint density at radius 2 is 1.70 bits per heavy atom. The molecule has 3 aromatic rings. The van der Waals surface area contributed by atoms with E-state index in [4.69, 9.17) is 4.74 Å². The molecule has 226 valence electrons. The van der Waals surface area contributed by atoms with Crippen molar-refractivity contribution in [3.05, 3.63) is 65.9 Å². The third kappa shape index (κ3) is 5.89. The molecule has 0 spiro atoms. The van der Waals surface area contributed by atoms with Crippen molar-refractivity contribution >= 4 is 40.4 Å². The highest BCUT2D eigenvalue weighted by atomic mass is 16.5. The first kappa shape index (κ1) is 28.9. The molecule has 2 amide bonds. The summed E-state index contributed by atoms with van der Waals surface area (Å²) in [4.78, 5) is 39.2. The van der Waals surface area contributed by atoms with Crippen LogP contribution in [0.4, 0.5) is 28.6 Å². The van der Waals surface area contributed by atoms with Crippen LogP contribution in [0.1, 0.15) is 46.9 Å². The molecular formula is C33H41N7O3. The molecule has 0 unspecified atom stereocenters. The maximum atomic E-state index is 13.5. The molecule has 2 N–H and O–H groups in total. The Balaban J connectivity index is 1.18. The molecule has 0 bridgehead atoms. The van der Waals surface area contributed by atoms with Crippen molar-refractivity contribution in [1.82, 2.24) is 20.1 Å². The first-order chi connectivity index (χ1) is 20.8. The number of aromatic nitrogens is 1. The number of piperidine rings is 1.